The van der Waals surface area contributed by atoms with Crippen LogP contribution in [0.15, 0.2) is 68.5 Å². The maximum atomic E-state index is 13.2. The topological polar surface area (TPSA) is 99.1 Å². The zero-order valence-corrected chi connectivity index (χ0v) is 22.4. The molecule has 4 aromatic rings. The molecule has 6 rings (SSSR count). The number of furan rings is 2. The summed E-state index contributed by atoms with van der Waals surface area (Å²) in [7, 11) is 0. The Bertz CT molecular complexity index is 1820. The number of carbonyl (C=O) groups excluding carboxylic acids is 2. The SMILES string of the molecule is CCOC(=O)C1=C(C)C=c2oc(=Cc3ccc(-c4ccc(C=O)cc4C)o3)c(O)c2C1c1ccc2c(c1)OCC2. The number of esters is 1. The van der Waals surface area contributed by atoms with Crippen molar-refractivity contribution in [2.75, 3.05) is 13.2 Å². The number of fused-ring (bicyclic) bond motifs is 2. The van der Waals surface area contributed by atoms with Crippen LogP contribution >= 0.6 is 0 Å². The number of hydrogen-bond donors (Lipinski definition) is 1. The Balaban J connectivity index is 1.46. The van der Waals surface area contributed by atoms with E-state index in [-0.39, 0.29) is 17.8 Å². The largest absolute Gasteiger partial charge is 0.504 e. The fraction of sp³-hybridized carbons (Fsp3) is 0.212. The van der Waals surface area contributed by atoms with Crippen molar-refractivity contribution in [2.24, 2.45) is 0 Å². The van der Waals surface area contributed by atoms with E-state index in [4.69, 9.17) is 18.3 Å². The molecule has 0 spiro atoms. The average molecular weight is 537 g/mol. The van der Waals surface area contributed by atoms with Crippen molar-refractivity contribution in [3.05, 3.63) is 104 Å². The van der Waals surface area contributed by atoms with Gasteiger partial charge in [0.25, 0.3) is 0 Å². The van der Waals surface area contributed by atoms with Gasteiger partial charge in [-0.1, -0.05) is 24.3 Å². The first kappa shape index (κ1) is 25.5. The molecule has 1 unspecified atom stereocenters. The van der Waals surface area contributed by atoms with Gasteiger partial charge in [0.05, 0.1) is 24.4 Å². The number of carbonyl (C=O) groups is 2. The van der Waals surface area contributed by atoms with Gasteiger partial charge in [0.15, 0.2) is 11.2 Å². The van der Waals surface area contributed by atoms with Crippen molar-refractivity contribution in [3.63, 3.8) is 0 Å². The molecule has 40 heavy (non-hydrogen) atoms. The molecule has 2 aromatic heterocycles. The zero-order valence-electron chi connectivity index (χ0n) is 22.4. The number of rotatable bonds is 6. The molecule has 1 atom stereocenters. The van der Waals surface area contributed by atoms with E-state index in [0.717, 1.165) is 40.7 Å². The molecule has 1 aliphatic carbocycles. The van der Waals surface area contributed by atoms with E-state index in [1.54, 1.807) is 37.3 Å². The zero-order chi connectivity index (χ0) is 28.0. The number of allylic oxidation sites excluding steroid dienone is 1. The second kappa shape index (κ2) is 10.1. The first-order valence-corrected chi connectivity index (χ1v) is 13.2. The number of aldehydes is 1. The van der Waals surface area contributed by atoms with Crippen LogP contribution in [-0.4, -0.2) is 30.6 Å². The Morgan fingerprint density at radius 1 is 1.10 bits per heavy atom. The molecule has 1 N–H and O–H groups in total. The number of aryl methyl sites for hydroxylation is 1. The van der Waals surface area contributed by atoms with Gasteiger partial charge < -0.3 is 23.4 Å². The van der Waals surface area contributed by atoms with E-state index in [0.29, 0.717) is 45.8 Å². The van der Waals surface area contributed by atoms with Crippen LogP contribution in [0, 0.1) is 6.92 Å². The van der Waals surface area contributed by atoms with Crippen LogP contribution in [0.5, 0.6) is 11.5 Å². The van der Waals surface area contributed by atoms with Crippen LogP contribution < -0.4 is 15.6 Å². The molecular weight excluding hydrogens is 508 g/mol. The summed E-state index contributed by atoms with van der Waals surface area (Å²) >= 11 is 0. The molecular formula is C33H28O7. The third-order valence-corrected chi connectivity index (χ3v) is 7.42. The van der Waals surface area contributed by atoms with Crippen molar-refractivity contribution in [3.8, 4) is 22.8 Å². The molecule has 0 bridgehead atoms. The summed E-state index contributed by atoms with van der Waals surface area (Å²) < 4.78 is 23.4. The van der Waals surface area contributed by atoms with E-state index in [2.05, 4.69) is 0 Å². The molecule has 0 fully saturated rings. The van der Waals surface area contributed by atoms with E-state index >= 15 is 0 Å². The number of benzene rings is 2. The summed E-state index contributed by atoms with van der Waals surface area (Å²) in [5.41, 5.74) is 6.60. The number of ether oxygens (including phenoxy) is 2. The lowest BCUT2D eigenvalue weighted by molar-refractivity contribution is -0.138. The highest BCUT2D eigenvalue weighted by atomic mass is 16.5. The minimum Gasteiger partial charge on any atom is -0.504 e. The highest BCUT2D eigenvalue weighted by molar-refractivity contribution is 5.95. The summed E-state index contributed by atoms with van der Waals surface area (Å²) in [6.07, 6.45) is 5.03. The Kier molecular flexibility index (Phi) is 6.42. The maximum absolute atomic E-state index is 13.2. The summed E-state index contributed by atoms with van der Waals surface area (Å²) in [6.45, 7) is 6.37. The van der Waals surface area contributed by atoms with Crippen LogP contribution in [0.25, 0.3) is 23.5 Å². The minimum absolute atomic E-state index is 0.0727. The van der Waals surface area contributed by atoms with E-state index in [9.17, 15) is 14.7 Å². The standard InChI is InChI=1S/C33H28O7/c1-4-37-33(36)29-19(3)14-27-31(30(29)22-7-6-21-11-12-38-26(21)15-22)32(35)28(40-27)16-23-8-10-25(39-23)24-9-5-20(17-34)13-18(24)2/h5-10,13-17,30,35H,4,11-12H2,1-3H3. The summed E-state index contributed by atoms with van der Waals surface area (Å²) in [6, 6.07) is 14.9. The van der Waals surface area contributed by atoms with E-state index < -0.39 is 11.9 Å². The van der Waals surface area contributed by atoms with Gasteiger partial charge in [-0.15, -0.1) is 0 Å². The molecule has 0 radical (unpaired) electrons. The normalized spacial score (nSPS) is 16.3. The molecule has 3 heterocycles. The Labute approximate surface area is 230 Å². The van der Waals surface area contributed by atoms with Gasteiger partial charge in [0.1, 0.15) is 29.0 Å². The predicted molar refractivity (Wildman–Crippen MR) is 149 cm³/mol. The number of hydrogen-bond acceptors (Lipinski definition) is 7. The predicted octanol–water partition coefficient (Wildman–Crippen LogP) is 4.94. The highest BCUT2D eigenvalue weighted by Crippen LogP contribution is 2.41. The summed E-state index contributed by atoms with van der Waals surface area (Å²) in [4.78, 5) is 24.3. The summed E-state index contributed by atoms with van der Waals surface area (Å²) in [5, 5.41) is 11.5. The fourth-order valence-electron chi connectivity index (χ4n) is 5.53. The smallest absolute Gasteiger partial charge is 0.335 e. The van der Waals surface area contributed by atoms with Gasteiger partial charge in [-0.05, 0) is 73.4 Å². The first-order valence-electron chi connectivity index (χ1n) is 13.2. The molecule has 7 heteroatoms. The van der Waals surface area contributed by atoms with Crippen LogP contribution in [0.2, 0.25) is 0 Å². The summed E-state index contributed by atoms with van der Waals surface area (Å²) in [5.74, 6) is 0.770. The van der Waals surface area contributed by atoms with Crippen molar-refractivity contribution in [1.82, 2.24) is 0 Å². The van der Waals surface area contributed by atoms with Gasteiger partial charge >= 0.3 is 5.97 Å². The van der Waals surface area contributed by atoms with Crippen molar-refractivity contribution in [1.29, 1.82) is 0 Å². The van der Waals surface area contributed by atoms with Gasteiger partial charge in [-0.3, -0.25) is 4.79 Å². The average Bonchev–Trinajstić information content (AvgIpc) is 3.67. The second-order valence-electron chi connectivity index (χ2n) is 9.99. The third-order valence-electron chi connectivity index (χ3n) is 7.42. The quantitative estimate of drug-likeness (QED) is 0.275. The molecule has 2 aromatic carbocycles. The molecule has 2 aliphatic rings. The molecule has 0 amide bonds. The molecule has 0 saturated carbocycles. The third kappa shape index (κ3) is 4.33. The fourth-order valence-corrected chi connectivity index (χ4v) is 5.53. The lowest BCUT2D eigenvalue weighted by Gasteiger charge is -2.24. The van der Waals surface area contributed by atoms with E-state index in [1.165, 1.54) is 0 Å². The van der Waals surface area contributed by atoms with Gasteiger partial charge in [0, 0.05) is 29.5 Å². The minimum atomic E-state index is -0.606. The van der Waals surface area contributed by atoms with Crippen LogP contribution in [-0.2, 0) is 16.0 Å². The van der Waals surface area contributed by atoms with Gasteiger partial charge in [0.2, 0.25) is 0 Å². The molecule has 1 aliphatic heterocycles. The van der Waals surface area contributed by atoms with E-state index in [1.807, 2.05) is 44.2 Å². The Morgan fingerprint density at radius 2 is 1.95 bits per heavy atom. The van der Waals surface area contributed by atoms with Gasteiger partial charge in [-0.2, -0.15) is 0 Å². The van der Waals surface area contributed by atoms with Crippen molar-refractivity contribution in [2.45, 2.75) is 33.1 Å². The van der Waals surface area contributed by atoms with Crippen LogP contribution in [0.3, 0.4) is 0 Å². The van der Waals surface area contributed by atoms with Crippen LogP contribution in [0.1, 0.15) is 58.1 Å². The van der Waals surface area contributed by atoms with Crippen LogP contribution in [0.4, 0.5) is 0 Å². The molecule has 0 saturated heterocycles. The molecule has 202 valence electrons. The Hall–Kier alpha value is -4.78. The lowest BCUT2D eigenvalue weighted by atomic mass is 9.80. The van der Waals surface area contributed by atoms with Crippen molar-refractivity contribution < 1.29 is 33.0 Å². The lowest BCUT2D eigenvalue weighted by Crippen LogP contribution is -2.24. The molecule has 7 nitrogen and oxygen atoms in total. The number of aromatic hydroxyl groups is 1. The Morgan fingerprint density at radius 3 is 2.73 bits per heavy atom. The van der Waals surface area contributed by atoms with Crippen molar-refractivity contribution >= 4 is 24.4 Å². The second-order valence-corrected chi connectivity index (χ2v) is 9.99. The monoisotopic (exact) mass is 536 g/mol. The highest BCUT2D eigenvalue weighted by Gasteiger charge is 2.35. The van der Waals surface area contributed by atoms with Gasteiger partial charge in [-0.25, -0.2) is 4.79 Å². The first-order chi connectivity index (χ1) is 19.4. The maximum Gasteiger partial charge on any atom is 0.335 e.